The second kappa shape index (κ2) is 36.6. The maximum absolute atomic E-state index is 12.2. The fourth-order valence-corrected chi connectivity index (χ4v) is 6.18. The third-order valence-electron chi connectivity index (χ3n) is 9.27. The van der Waals surface area contributed by atoms with Crippen LogP contribution in [0.3, 0.4) is 0 Å². The van der Waals surface area contributed by atoms with E-state index in [0.717, 1.165) is 25.7 Å². The molecule has 0 spiro atoms. The summed E-state index contributed by atoms with van der Waals surface area (Å²) in [4.78, 5) is 12.2. The van der Waals surface area contributed by atoms with Gasteiger partial charge in [0.25, 0.3) is 0 Å². The molecule has 0 bridgehead atoms. The molecule has 0 aliphatic carbocycles. The Kier molecular flexibility index (Phi) is 35.9. The van der Waals surface area contributed by atoms with Crippen LogP contribution >= 0.6 is 0 Å². The Morgan fingerprint density at radius 3 is 1.18 bits per heavy atom. The molecule has 2 atom stereocenters. The number of nitrogens with one attached hydrogen (secondary N) is 1. The Labute approximate surface area is 276 Å². The summed E-state index contributed by atoms with van der Waals surface area (Å²) in [5.41, 5.74) is 0. The van der Waals surface area contributed by atoms with Crippen molar-refractivity contribution in [3.63, 3.8) is 0 Å². The number of allylic oxidation sites excluding steroid dienone is 1. The van der Waals surface area contributed by atoms with Crippen LogP contribution in [-0.4, -0.2) is 34.9 Å². The van der Waals surface area contributed by atoms with Gasteiger partial charge in [-0.1, -0.05) is 206 Å². The molecular weight excluding hydrogens is 542 g/mol. The van der Waals surface area contributed by atoms with Crippen molar-refractivity contribution in [2.45, 2.75) is 231 Å². The summed E-state index contributed by atoms with van der Waals surface area (Å²) in [6.07, 6.45) is 44.9. The maximum atomic E-state index is 12.2. The Bertz CT molecular complexity index is 593. The van der Waals surface area contributed by atoms with Gasteiger partial charge in [0.05, 0.1) is 18.8 Å². The third kappa shape index (κ3) is 32.5. The molecule has 0 aliphatic heterocycles. The molecule has 3 N–H and O–H groups in total. The highest BCUT2D eigenvalue weighted by atomic mass is 16.3. The van der Waals surface area contributed by atoms with Crippen molar-refractivity contribution in [2.24, 2.45) is 0 Å². The summed E-state index contributed by atoms with van der Waals surface area (Å²) >= 11 is 0. The number of hydrogen-bond donors (Lipinski definition) is 3. The van der Waals surface area contributed by atoms with E-state index in [-0.39, 0.29) is 12.5 Å². The summed E-state index contributed by atoms with van der Waals surface area (Å²) in [6, 6.07) is -0.613. The summed E-state index contributed by atoms with van der Waals surface area (Å²) in [5, 5.41) is 22.7. The van der Waals surface area contributed by atoms with E-state index in [2.05, 4.69) is 19.2 Å². The number of amides is 1. The van der Waals surface area contributed by atoms with Crippen LogP contribution in [0.2, 0.25) is 0 Å². The number of unbranched alkanes of at least 4 members (excludes halogenated alkanes) is 29. The van der Waals surface area contributed by atoms with Crippen molar-refractivity contribution in [2.75, 3.05) is 6.61 Å². The molecule has 44 heavy (non-hydrogen) atoms. The van der Waals surface area contributed by atoms with Crippen molar-refractivity contribution < 1.29 is 15.0 Å². The first-order valence-corrected chi connectivity index (χ1v) is 19.9. The topological polar surface area (TPSA) is 69.6 Å². The first kappa shape index (κ1) is 43.1. The smallest absolute Gasteiger partial charge is 0.220 e. The molecule has 0 aromatic carbocycles. The minimum atomic E-state index is -0.830. The highest BCUT2D eigenvalue weighted by molar-refractivity contribution is 5.76. The van der Waals surface area contributed by atoms with Gasteiger partial charge in [-0.05, 0) is 19.3 Å². The van der Waals surface area contributed by atoms with Gasteiger partial charge in [0.2, 0.25) is 5.91 Å². The van der Waals surface area contributed by atoms with Gasteiger partial charge < -0.3 is 15.5 Å². The van der Waals surface area contributed by atoms with Crippen LogP contribution in [0.1, 0.15) is 219 Å². The fourth-order valence-electron chi connectivity index (χ4n) is 6.18. The van der Waals surface area contributed by atoms with Gasteiger partial charge in [-0.15, -0.1) is 0 Å². The molecule has 0 fully saturated rings. The van der Waals surface area contributed by atoms with Crippen molar-refractivity contribution >= 4 is 5.91 Å². The summed E-state index contributed by atoms with van der Waals surface area (Å²) < 4.78 is 0. The number of aliphatic hydroxyl groups is 2. The highest BCUT2D eigenvalue weighted by Gasteiger charge is 2.17. The first-order valence-electron chi connectivity index (χ1n) is 19.9. The van der Waals surface area contributed by atoms with E-state index in [9.17, 15) is 15.0 Å². The maximum Gasteiger partial charge on any atom is 0.220 e. The molecule has 4 heteroatoms. The molecule has 2 unspecified atom stereocenters. The van der Waals surface area contributed by atoms with E-state index in [1.165, 1.54) is 173 Å². The van der Waals surface area contributed by atoms with E-state index in [1.54, 1.807) is 6.08 Å². The summed E-state index contributed by atoms with van der Waals surface area (Å²) in [6.45, 7) is 4.24. The van der Waals surface area contributed by atoms with Crippen LogP contribution in [0.4, 0.5) is 0 Å². The van der Waals surface area contributed by atoms with E-state index >= 15 is 0 Å². The third-order valence-corrected chi connectivity index (χ3v) is 9.27. The quantitative estimate of drug-likeness (QED) is 0.0481. The number of carbonyl (C=O) groups is 1. The molecule has 0 radical (unpaired) electrons. The van der Waals surface area contributed by atoms with Gasteiger partial charge >= 0.3 is 0 Å². The van der Waals surface area contributed by atoms with Crippen molar-refractivity contribution in [1.29, 1.82) is 0 Å². The number of hydrogen-bond acceptors (Lipinski definition) is 3. The Morgan fingerprint density at radius 2 is 0.841 bits per heavy atom. The molecule has 262 valence electrons. The predicted octanol–water partition coefficient (Wildman–Crippen LogP) is 11.9. The number of carbonyl (C=O) groups excluding carboxylic acids is 1. The average molecular weight is 622 g/mol. The minimum Gasteiger partial charge on any atom is -0.394 e. The molecule has 0 saturated heterocycles. The van der Waals surface area contributed by atoms with Gasteiger partial charge in [0.15, 0.2) is 0 Å². The van der Waals surface area contributed by atoms with E-state index in [4.69, 9.17) is 0 Å². The van der Waals surface area contributed by atoms with Crippen molar-refractivity contribution in [1.82, 2.24) is 5.32 Å². The zero-order valence-electron chi connectivity index (χ0n) is 29.9. The lowest BCUT2D eigenvalue weighted by Crippen LogP contribution is -2.45. The summed E-state index contributed by atoms with van der Waals surface area (Å²) in [5.74, 6) is -0.0659. The van der Waals surface area contributed by atoms with Gasteiger partial charge in [-0.3, -0.25) is 4.79 Å². The van der Waals surface area contributed by atoms with Crippen molar-refractivity contribution in [3.05, 3.63) is 12.2 Å². The normalized spacial score (nSPS) is 13.1. The molecule has 0 aliphatic rings. The van der Waals surface area contributed by atoms with E-state index in [1.807, 2.05) is 6.08 Å². The fraction of sp³-hybridized carbons (Fsp3) is 0.925. The average Bonchev–Trinajstić information content (AvgIpc) is 3.03. The lowest BCUT2D eigenvalue weighted by Gasteiger charge is -2.20. The van der Waals surface area contributed by atoms with Crippen LogP contribution in [-0.2, 0) is 4.79 Å². The largest absolute Gasteiger partial charge is 0.394 e. The Morgan fingerprint density at radius 1 is 0.523 bits per heavy atom. The van der Waals surface area contributed by atoms with Crippen molar-refractivity contribution in [3.8, 4) is 0 Å². The predicted molar refractivity (Wildman–Crippen MR) is 193 cm³/mol. The van der Waals surface area contributed by atoms with Crippen LogP contribution in [0, 0.1) is 0 Å². The Hall–Kier alpha value is -0.870. The van der Waals surface area contributed by atoms with E-state index in [0.29, 0.717) is 6.42 Å². The van der Waals surface area contributed by atoms with Gasteiger partial charge in [0, 0.05) is 6.42 Å². The van der Waals surface area contributed by atoms with Crippen LogP contribution in [0.5, 0.6) is 0 Å². The molecule has 0 aromatic rings. The summed E-state index contributed by atoms with van der Waals surface area (Å²) in [7, 11) is 0. The SMILES string of the molecule is CCCCCC/C=C/C(O)C(CO)NC(=O)CCCCCCCCCCCCCCCCCCCCCCCCCCCC. The molecule has 0 aromatic heterocycles. The lowest BCUT2D eigenvalue weighted by atomic mass is 10.0. The zero-order chi connectivity index (χ0) is 32.2. The second-order valence-electron chi connectivity index (χ2n) is 13.7. The molecule has 0 saturated carbocycles. The zero-order valence-corrected chi connectivity index (χ0v) is 29.9. The molecule has 0 rings (SSSR count). The van der Waals surface area contributed by atoms with E-state index < -0.39 is 12.1 Å². The highest BCUT2D eigenvalue weighted by Crippen LogP contribution is 2.16. The molecule has 0 heterocycles. The lowest BCUT2D eigenvalue weighted by molar-refractivity contribution is -0.123. The van der Waals surface area contributed by atoms with Gasteiger partial charge in [-0.2, -0.15) is 0 Å². The van der Waals surface area contributed by atoms with Crippen LogP contribution in [0.25, 0.3) is 0 Å². The number of rotatable bonds is 36. The van der Waals surface area contributed by atoms with Gasteiger partial charge in [0.1, 0.15) is 0 Å². The van der Waals surface area contributed by atoms with Crippen LogP contribution in [0.15, 0.2) is 12.2 Å². The first-order chi connectivity index (χ1) is 21.7. The number of aliphatic hydroxyl groups excluding tert-OH is 2. The second-order valence-corrected chi connectivity index (χ2v) is 13.7. The molecule has 1 amide bonds. The minimum absolute atomic E-state index is 0.0659. The Balaban J connectivity index is 3.37. The molecule has 4 nitrogen and oxygen atoms in total. The monoisotopic (exact) mass is 622 g/mol. The standard InChI is InChI=1S/C40H79NO3/c1-3-5-7-9-11-12-13-14-15-16-17-18-19-20-21-22-23-24-25-26-27-28-29-30-32-34-36-40(44)41-38(37-42)39(43)35-33-31-10-8-6-4-2/h33,35,38-39,42-43H,3-32,34,36-37H2,1-2H3,(H,41,44)/b35-33+. The molecular formula is C40H79NO3. The van der Waals surface area contributed by atoms with Gasteiger partial charge in [-0.25, -0.2) is 0 Å². The van der Waals surface area contributed by atoms with Crippen LogP contribution < -0.4 is 5.32 Å².